The summed E-state index contributed by atoms with van der Waals surface area (Å²) in [4.78, 5) is 10.1. The zero-order valence-electron chi connectivity index (χ0n) is 10.2. The fourth-order valence-electron chi connectivity index (χ4n) is 1.65. The zero-order chi connectivity index (χ0) is 12.1. The molecule has 2 heterocycles. The summed E-state index contributed by atoms with van der Waals surface area (Å²) in [5.74, 6) is 0. The van der Waals surface area contributed by atoms with Gasteiger partial charge in [-0.3, -0.25) is 4.98 Å². The van der Waals surface area contributed by atoms with Gasteiger partial charge in [0.15, 0.2) is 0 Å². The number of hydrogen-bond acceptors (Lipinski definition) is 4. The van der Waals surface area contributed by atoms with Gasteiger partial charge >= 0.3 is 0 Å². The first kappa shape index (κ1) is 12.2. The zero-order valence-corrected chi connectivity index (χ0v) is 11.0. The van der Waals surface area contributed by atoms with Crippen LogP contribution >= 0.6 is 11.3 Å². The summed E-state index contributed by atoms with van der Waals surface area (Å²) in [7, 11) is 0. The van der Waals surface area contributed by atoms with E-state index in [4.69, 9.17) is 4.98 Å². The molecule has 0 bridgehead atoms. The quantitative estimate of drug-likeness (QED) is 0.883. The molecule has 0 saturated heterocycles. The van der Waals surface area contributed by atoms with Gasteiger partial charge in [-0.05, 0) is 25.1 Å². The second-order valence-electron chi connectivity index (χ2n) is 3.76. The minimum Gasteiger partial charge on any atom is -0.312 e. The largest absolute Gasteiger partial charge is 0.312 e. The molecule has 2 rings (SSSR count). The van der Waals surface area contributed by atoms with Gasteiger partial charge in [0.1, 0.15) is 5.01 Å². The van der Waals surface area contributed by atoms with E-state index >= 15 is 0 Å². The van der Waals surface area contributed by atoms with Crippen molar-refractivity contribution in [3.05, 3.63) is 35.1 Å². The minimum absolute atomic E-state index is 0.919. The molecule has 0 radical (unpaired) electrons. The molecule has 0 aliphatic heterocycles. The first-order chi connectivity index (χ1) is 8.35. The van der Waals surface area contributed by atoms with Gasteiger partial charge in [-0.1, -0.05) is 13.8 Å². The van der Waals surface area contributed by atoms with E-state index in [9.17, 15) is 0 Å². The Hall–Kier alpha value is -1.26. The minimum atomic E-state index is 0.919. The number of rotatable bonds is 5. The fraction of sp³-hybridized carbons (Fsp3) is 0.385. The Kier molecular flexibility index (Phi) is 4.23. The Morgan fingerprint density at radius 2 is 2.00 bits per heavy atom. The molecule has 2 aromatic rings. The van der Waals surface area contributed by atoms with Crippen LogP contribution in [0.15, 0.2) is 24.5 Å². The lowest BCUT2D eigenvalue weighted by Crippen LogP contribution is -2.11. The van der Waals surface area contributed by atoms with Crippen molar-refractivity contribution in [2.75, 3.05) is 6.54 Å². The van der Waals surface area contributed by atoms with Crippen LogP contribution < -0.4 is 5.32 Å². The van der Waals surface area contributed by atoms with E-state index in [0.29, 0.717) is 0 Å². The summed E-state index contributed by atoms with van der Waals surface area (Å²) in [6.07, 6.45) is 4.61. The maximum atomic E-state index is 4.70. The van der Waals surface area contributed by atoms with Crippen LogP contribution in [0.5, 0.6) is 0 Å². The standard InChI is InChI=1S/C13H17N3S/c1-3-11-12(9-14-4-2)17-13(16-11)10-5-7-15-8-6-10/h5-8,14H,3-4,9H2,1-2H3. The normalized spacial score (nSPS) is 10.7. The predicted molar refractivity (Wildman–Crippen MR) is 72.1 cm³/mol. The molecule has 0 saturated carbocycles. The SMILES string of the molecule is CCNCc1sc(-c2ccncc2)nc1CC. The molecule has 0 fully saturated rings. The first-order valence-electron chi connectivity index (χ1n) is 5.94. The van der Waals surface area contributed by atoms with Gasteiger partial charge < -0.3 is 5.32 Å². The van der Waals surface area contributed by atoms with Crippen molar-refractivity contribution in [1.29, 1.82) is 0 Å². The van der Waals surface area contributed by atoms with Crippen molar-refractivity contribution >= 4 is 11.3 Å². The van der Waals surface area contributed by atoms with Gasteiger partial charge in [0, 0.05) is 29.4 Å². The Morgan fingerprint density at radius 3 is 2.65 bits per heavy atom. The number of aryl methyl sites for hydroxylation is 1. The number of hydrogen-bond donors (Lipinski definition) is 1. The van der Waals surface area contributed by atoms with Crippen molar-refractivity contribution in [3.63, 3.8) is 0 Å². The topological polar surface area (TPSA) is 37.8 Å². The van der Waals surface area contributed by atoms with Crippen molar-refractivity contribution in [1.82, 2.24) is 15.3 Å². The molecule has 3 nitrogen and oxygen atoms in total. The Balaban J connectivity index is 2.28. The van der Waals surface area contributed by atoms with E-state index in [-0.39, 0.29) is 0 Å². The van der Waals surface area contributed by atoms with E-state index in [1.807, 2.05) is 24.5 Å². The molecule has 0 aromatic carbocycles. The van der Waals surface area contributed by atoms with Crippen LogP contribution in [0.25, 0.3) is 10.6 Å². The van der Waals surface area contributed by atoms with Gasteiger partial charge in [0.05, 0.1) is 5.69 Å². The van der Waals surface area contributed by atoms with Crippen LogP contribution in [0.2, 0.25) is 0 Å². The lowest BCUT2D eigenvalue weighted by molar-refractivity contribution is 0.727. The van der Waals surface area contributed by atoms with Crippen molar-refractivity contribution < 1.29 is 0 Å². The maximum absolute atomic E-state index is 4.70. The van der Waals surface area contributed by atoms with Crippen LogP contribution in [0, 0.1) is 0 Å². The third-order valence-electron chi connectivity index (χ3n) is 2.58. The fourth-order valence-corrected chi connectivity index (χ4v) is 2.78. The average Bonchev–Trinajstić information content (AvgIpc) is 2.80. The molecule has 0 aliphatic carbocycles. The maximum Gasteiger partial charge on any atom is 0.124 e. The summed E-state index contributed by atoms with van der Waals surface area (Å²) in [6.45, 7) is 6.19. The van der Waals surface area contributed by atoms with Gasteiger partial charge in [0.2, 0.25) is 0 Å². The second kappa shape index (κ2) is 5.89. The molecule has 0 atom stereocenters. The highest BCUT2D eigenvalue weighted by Gasteiger charge is 2.10. The van der Waals surface area contributed by atoms with Crippen LogP contribution in [-0.4, -0.2) is 16.5 Å². The molecular formula is C13H17N3S. The molecule has 0 aliphatic rings. The number of pyridine rings is 1. The summed E-state index contributed by atoms with van der Waals surface area (Å²) in [6, 6.07) is 4.02. The molecule has 1 N–H and O–H groups in total. The van der Waals surface area contributed by atoms with Gasteiger partial charge in [0.25, 0.3) is 0 Å². The van der Waals surface area contributed by atoms with E-state index in [2.05, 4.69) is 24.1 Å². The third-order valence-corrected chi connectivity index (χ3v) is 3.72. The molecule has 90 valence electrons. The van der Waals surface area contributed by atoms with E-state index in [0.717, 1.165) is 30.1 Å². The molecular weight excluding hydrogens is 230 g/mol. The number of aromatic nitrogens is 2. The highest BCUT2D eigenvalue weighted by Crippen LogP contribution is 2.27. The van der Waals surface area contributed by atoms with E-state index in [1.165, 1.54) is 10.6 Å². The molecule has 2 aromatic heterocycles. The smallest absolute Gasteiger partial charge is 0.124 e. The van der Waals surface area contributed by atoms with Gasteiger partial charge in [-0.15, -0.1) is 11.3 Å². The summed E-state index contributed by atoms with van der Waals surface area (Å²) < 4.78 is 0. The number of thiazole rings is 1. The van der Waals surface area contributed by atoms with Gasteiger partial charge in [-0.25, -0.2) is 4.98 Å². The predicted octanol–water partition coefficient (Wildman–Crippen LogP) is 2.88. The molecule has 0 amide bonds. The monoisotopic (exact) mass is 247 g/mol. The lowest BCUT2D eigenvalue weighted by Gasteiger charge is -1.99. The third kappa shape index (κ3) is 2.90. The van der Waals surface area contributed by atoms with E-state index < -0.39 is 0 Å². The second-order valence-corrected chi connectivity index (χ2v) is 4.84. The van der Waals surface area contributed by atoms with Crippen molar-refractivity contribution in [2.45, 2.75) is 26.8 Å². The highest BCUT2D eigenvalue weighted by molar-refractivity contribution is 7.15. The van der Waals surface area contributed by atoms with Crippen LogP contribution in [0.4, 0.5) is 0 Å². The van der Waals surface area contributed by atoms with Crippen molar-refractivity contribution in [2.24, 2.45) is 0 Å². The molecule has 17 heavy (non-hydrogen) atoms. The first-order valence-corrected chi connectivity index (χ1v) is 6.76. The summed E-state index contributed by atoms with van der Waals surface area (Å²) >= 11 is 1.78. The lowest BCUT2D eigenvalue weighted by atomic mass is 10.2. The highest BCUT2D eigenvalue weighted by atomic mass is 32.1. The van der Waals surface area contributed by atoms with Crippen molar-refractivity contribution in [3.8, 4) is 10.6 Å². The van der Waals surface area contributed by atoms with Crippen LogP contribution in [0.1, 0.15) is 24.4 Å². The Labute approximate surface area is 106 Å². The van der Waals surface area contributed by atoms with Gasteiger partial charge in [-0.2, -0.15) is 0 Å². The Morgan fingerprint density at radius 1 is 1.24 bits per heavy atom. The molecule has 0 spiro atoms. The van der Waals surface area contributed by atoms with E-state index in [1.54, 1.807) is 11.3 Å². The summed E-state index contributed by atoms with van der Waals surface area (Å²) in [5, 5.41) is 4.46. The van der Waals surface area contributed by atoms with Crippen LogP contribution in [0.3, 0.4) is 0 Å². The number of nitrogens with one attached hydrogen (secondary N) is 1. The molecule has 0 unspecified atom stereocenters. The molecule has 4 heteroatoms. The Bertz CT molecular complexity index is 465. The summed E-state index contributed by atoms with van der Waals surface area (Å²) in [5.41, 5.74) is 2.37. The number of nitrogens with zero attached hydrogens (tertiary/aromatic N) is 2. The average molecular weight is 247 g/mol. The van der Waals surface area contributed by atoms with Crippen LogP contribution in [-0.2, 0) is 13.0 Å².